The SMILES string of the molecule is CCN1C(=O)c2cccnc2Sc2cc(NC(=O)CCc3ccccc3OC)ccc21. The van der Waals surface area contributed by atoms with Crippen molar-refractivity contribution >= 4 is 35.0 Å². The van der Waals surface area contributed by atoms with Crippen molar-refractivity contribution in [3.63, 3.8) is 0 Å². The van der Waals surface area contributed by atoms with E-state index in [1.807, 2.05) is 49.4 Å². The number of aryl methyl sites for hydroxylation is 1. The second kappa shape index (κ2) is 9.22. The molecule has 1 aliphatic heterocycles. The molecule has 2 amide bonds. The van der Waals surface area contributed by atoms with Crippen molar-refractivity contribution in [2.75, 3.05) is 23.9 Å². The van der Waals surface area contributed by atoms with Gasteiger partial charge in [0.25, 0.3) is 5.91 Å². The number of hydrogen-bond acceptors (Lipinski definition) is 5. The quantitative estimate of drug-likeness (QED) is 0.605. The Balaban J connectivity index is 1.52. The summed E-state index contributed by atoms with van der Waals surface area (Å²) in [5, 5.41) is 3.64. The first-order chi connectivity index (χ1) is 15.1. The van der Waals surface area contributed by atoms with E-state index in [-0.39, 0.29) is 11.8 Å². The summed E-state index contributed by atoms with van der Waals surface area (Å²) in [6.07, 6.45) is 2.61. The molecule has 1 aliphatic rings. The summed E-state index contributed by atoms with van der Waals surface area (Å²) in [6.45, 7) is 2.49. The molecular weight excluding hydrogens is 410 g/mol. The molecule has 0 unspecified atom stereocenters. The lowest BCUT2D eigenvalue weighted by atomic mass is 10.1. The molecule has 1 N–H and O–H groups in total. The molecule has 2 heterocycles. The lowest BCUT2D eigenvalue weighted by Gasteiger charge is -2.21. The van der Waals surface area contributed by atoms with Gasteiger partial charge in [0.15, 0.2) is 0 Å². The fraction of sp³-hybridized carbons (Fsp3) is 0.208. The molecule has 1 aromatic heterocycles. The number of para-hydroxylation sites is 1. The number of ether oxygens (including phenoxy) is 1. The van der Waals surface area contributed by atoms with Crippen LogP contribution in [-0.4, -0.2) is 30.5 Å². The zero-order valence-electron chi connectivity index (χ0n) is 17.4. The fourth-order valence-electron chi connectivity index (χ4n) is 3.59. The highest BCUT2D eigenvalue weighted by Crippen LogP contribution is 2.41. The molecule has 2 aromatic carbocycles. The second-order valence-electron chi connectivity index (χ2n) is 7.05. The highest BCUT2D eigenvalue weighted by atomic mass is 32.2. The van der Waals surface area contributed by atoms with Crippen LogP contribution in [0.4, 0.5) is 11.4 Å². The number of hydrogen-bond donors (Lipinski definition) is 1. The number of rotatable bonds is 6. The van der Waals surface area contributed by atoms with Gasteiger partial charge in [-0.05, 0) is 55.3 Å². The molecular formula is C24H23N3O3S. The molecule has 0 spiro atoms. The van der Waals surface area contributed by atoms with Gasteiger partial charge < -0.3 is 15.0 Å². The van der Waals surface area contributed by atoms with Gasteiger partial charge in [0, 0.05) is 29.7 Å². The van der Waals surface area contributed by atoms with E-state index in [1.165, 1.54) is 11.8 Å². The van der Waals surface area contributed by atoms with Crippen molar-refractivity contribution in [2.24, 2.45) is 0 Å². The lowest BCUT2D eigenvalue weighted by Crippen LogP contribution is -2.30. The number of carbonyl (C=O) groups excluding carboxylic acids is 2. The van der Waals surface area contributed by atoms with E-state index in [0.717, 1.165) is 21.9 Å². The predicted octanol–water partition coefficient (Wildman–Crippen LogP) is 4.79. The van der Waals surface area contributed by atoms with Crippen molar-refractivity contribution in [3.8, 4) is 5.75 Å². The lowest BCUT2D eigenvalue weighted by molar-refractivity contribution is -0.116. The summed E-state index contributed by atoms with van der Waals surface area (Å²) in [5.41, 5.74) is 3.10. The summed E-state index contributed by atoms with van der Waals surface area (Å²) in [4.78, 5) is 32.5. The number of nitrogens with one attached hydrogen (secondary N) is 1. The molecule has 0 bridgehead atoms. The van der Waals surface area contributed by atoms with Crippen LogP contribution < -0.4 is 15.0 Å². The van der Waals surface area contributed by atoms with Gasteiger partial charge in [-0.15, -0.1) is 0 Å². The molecule has 0 fully saturated rings. The van der Waals surface area contributed by atoms with Crippen molar-refractivity contribution in [1.82, 2.24) is 4.98 Å². The average molecular weight is 434 g/mol. The Bertz CT molecular complexity index is 1130. The van der Waals surface area contributed by atoms with Crippen LogP contribution in [0.5, 0.6) is 5.75 Å². The number of methoxy groups -OCH3 is 1. The number of fused-ring (bicyclic) bond motifs is 2. The summed E-state index contributed by atoms with van der Waals surface area (Å²) in [7, 11) is 1.63. The maximum Gasteiger partial charge on any atom is 0.261 e. The maximum absolute atomic E-state index is 13.0. The third kappa shape index (κ3) is 4.41. The Morgan fingerprint density at radius 1 is 1.16 bits per heavy atom. The molecule has 3 aromatic rings. The number of amides is 2. The van der Waals surface area contributed by atoms with Crippen molar-refractivity contribution in [1.29, 1.82) is 0 Å². The summed E-state index contributed by atoms with van der Waals surface area (Å²) in [6, 6.07) is 16.9. The van der Waals surface area contributed by atoms with Crippen molar-refractivity contribution < 1.29 is 14.3 Å². The average Bonchev–Trinajstić information content (AvgIpc) is 2.91. The van der Waals surface area contributed by atoms with Crippen LogP contribution in [0.1, 0.15) is 29.3 Å². The van der Waals surface area contributed by atoms with Gasteiger partial charge in [-0.2, -0.15) is 0 Å². The predicted molar refractivity (Wildman–Crippen MR) is 122 cm³/mol. The van der Waals surface area contributed by atoms with Gasteiger partial charge in [-0.3, -0.25) is 9.59 Å². The molecule has 31 heavy (non-hydrogen) atoms. The molecule has 158 valence electrons. The standard InChI is InChI=1S/C24H23N3O3S/c1-3-27-19-12-11-17(15-21(19)31-23-18(24(27)29)8-6-14-25-23)26-22(28)13-10-16-7-4-5-9-20(16)30-2/h4-9,11-12,14-15H,3,10,13H2,1-2H3,(H,26,28). The molecule has 0 saturated heterocycles. The van der Waals surface area contributed by atoms with Crippen LogP contribution in [0.3, 0.4) is 0 Å². The van der Waals surface area contributed by atoms with Crippen LogP contribution in [0.2, 0.25) is 0 Å². The molecule has 0 aliphatic carbocycles. The summed E-state index contributed by atoms with van der Waals surface area (Å²) >= 11 is 1.44. The van der Waals surface area contributed by atoms with Crippen molar-refractivity contribution in [2.45, 2.75) is 29.7 Å². The third-order valence-electron chi connectivity index (χ3n) is 5.12. The number of nitrogens with zero attached hydrogens (tertiary/aromatic N) is 2. The first-order valence-corrected chi connectivity index (χ1v) is 10.9. The topological polar surface area (TPSA) is 71.5 Å². The number of anilines is 2. The molecule has 7 heteroatoms. The van der Waals surface area contributed by atoms with Gasteiger partial charge >= 0.3 is 0 Å². The number of aromatic nitrogens is 1. The number of carbonyl (C=O) groups is 2. The number of pyridine rings is 1. The minimum absolute atomic E-state index is 0.0644. The van der Waals surface area contributed by atoms with Gasteiger partial charge in [-0.1, -0.05) is 30.0 Å². The second-order valence-corrected chi connectivity index (χ2v) is 8.08. The van der Waals surface area contributed by atoms with E-state index in [0.29, 0.717) is 35.7 Å². The fourth-order valence-corrected chi connectivity index (χ4v) is 4.64. The molecule has 0 radical (unpaired) electrons. The maximum atomic E-state index is 13.0. The van der Waals surface area contributed by atoms with Crippen LogP contribution in [0.15, 0.2) is 70.7 Å². The third-order valence-corrected chi connectivity index (χ3v) is 6.18. The zero-order valence-corrected chi connectivity index (χ0v) is 18.2. The van der Waals surface area contributed by atoms with Gasteiger partial charge in [0.1, 0.15) is 10.8 Å². The Morgan fingerprint density at radius 3 is 2.81 bits per heavy atom. The van der Waals surface area contributed by atoms with Gasteiger partial charge in [-0.25, -0.2) is 4.98 Å². The Hall–Kier alpha value is -3.32. The van der Waals surface area contributed by atoms with E-state index >= 15 is 0 Å². The van der Waals surface area contributed by atoms with E-state index < -0.39 is 0 Å². The first-order valence-electron chi connectivity index (χ1n) is 10.1. The minimum atomic E-state index is -0.0774. The Morgan fingerprint density at radius 2 is 2.00 bits per heavy atom. The van der Waals surface area contributed by atoms with Crippen molar-refractivity contribution in [3.05, 3.63) is 71.9 Å². The largest absolute Gasteiger partial charge is 0.496 e. The monoisotopic (exact) mass is 433 g/mol. The first kappa shape index (κ1) is 20.9. The Labute approximate surface area is 185 Å². The summed E-state index contributed by atoms with van der Waals surface area (Å²) in [5.74, 6) is 0.643. The normalized spacial score (nSPS) is 12.6. The van der Waals surface area contributed by atoms with Crippen LogP contribution in [-0.2, 0) is 11.2 Å². The molecule has 4 rings (SSSR count). The smallest absolute Gasteiger partial charge is 0.261 e. The zero-order chi connectivity index (χ0) is 21.8. The van der Waals surface area contributed by atoms with E-state index in [1.54, 1.807) is 30.3 Å². The molecule has 0 saturated carbocycles. The van der Waals surface area contributed by atoms with E-state index in [2.05, 4.69) is 10.3 Å². The van der Waals surface area contributed by atoms with E-state index in [9.17, 15) is 9.59 Å². The summed E-state index contributed by atoms with van der Waals surface area (Å²) < 4.78 is 5.36. The Kier molecular flexibility index (Phi) is 6.23. The van der Waals surface area contributed by atoms with Crippen LogP contribution in [0, 0.1) is 0 Å². The highest BCUT2D eigenvalue weighted by Gasteiger charge is 2.27. The van der Waals surface area contributed by atoms with Gasteiger partial charge in [0.05, 0.1) is 18.4 Å². The minimum Gasteiger partial charge on any atom is -0.496 e. The highest BCUT2D eigenvalue weighted by molar-refractivity contribution is 7.99. The van der Waals surface area contributed by atoms with Gasteiger partial charge in [0.2, 0.25) is 5.91 Å². The van der Waals surface area contributed by atoms with Crippen LogP contribution in [0.25, 0.3) is 0 Å². The van der Waals surface area contributed by atoms with E-state index in [4.69, 9.17) is 4.74 Å². The number of benzene rings is 2. The molecule has 6 nitrogen and oxygen atoms in total. The van der Waals surface area contributed by atoms with Crippen LogP contribution >= 0.6 is 11.8 Å². The molecule has 0 atom stereocenters.